The van der Waals surface area contributed by atoms with E-state index in [1.807, 2.05) is 13.8 Å². The second kappa shape index (κ2) is 2.02. The van der Waals surface area contributed by atoms with Crippen molar-refractivity contribution in [3.05, 3.63) is 11.4 Å². The largest absolute Gasteiger partial charge is 0.310 e. The van der Waals surface area contributed by atoms with Crippen LogP contribution in [-0.4, -0.2) is 5.54 Å². The maximum absolute atomic E-state index is 6.89. The van der Waals surface area contributed by atoms with E-state index in [2.05, 4.69) is 25.6 Å². The molecule has 1 heteroatoms. The Bertz CT molecular complexity index is 132. The predicted molar refractivity (Wildman–Crippen MR) is 40.1 cm³/mol. The summed E-state index contributed by atoms with van der Waals surface area (Å²) in [5.41, 5.74) is -0.137. The van der Waals surface area contributed by atoms with Crippen LogP contribution in [0.5, 0.6) is 0 Å². The molecule has 0 aromatic carbocycles. The van der Waals surface area contributed by atoms with Gasteiger partial charge in [-0.1, -0.05) is 20.8 Å². The standard InChI is InChI=1S/C8H15N/c1-7(2,3)8(4,5)9-6/h1-5H3. The highest BCUT2D eigenvalue weighted by atomic mass is 14.8. The third-order valence-electron chi connectivity index (χ3n) is 2.11. The second-order valence-electron chi connectivity index (χ2n) is 3.92. The number of hydrogen-bond donors (Lipinski definition) is 0. The third kappa shape index (κ3) is 1.71. The Labute approximate surface area is 57.9 Å². The van der Waals surface area contributed by atoms with Crippen molar-refractivity contribution in [2.45, 2.75) is 40.2 Å². The molecule has 0 radical (unpaired) electrons. The summed E-state index contributed by atoms with van der Waals surface area (Å²) in [5.74, 6) is 0. The second-order valence-corrected chi connectivity index (χ2v) is 3.92. The molecular formula is C8H15N. The average Bonchev–Trinajstić information content (AvgIpc) is 1.64. The molecule has 0 saturated heterocycles. The zero-order chi connectivity index (χ0) is 7.71. The van der Waals surface area contributed by atoms with E-state index >= 15 is 0 Å². The van der Waals surface area contributed by atoms with Crippen LogP contribution < -0.4 is 0 Å². The summed E-state index contributed by atoms with van der Waals surface area (Å²) in [6.07, 6.45) is 0. The fourth-order valence-electron chi connectivity index (χ4n) is 0.168. The van der Waals surface area contributed by atoms with Gasteiger partial charge in [0.15, 0.2) is 0 Å². The highest BCUT2D eigenvalue weighted by molar-refractivity contribution is 4.99. The zero-order valence-electron chi connectivity index (χ0n) is 6.95. The van der Waals surface area contributed by atoms with Gasteiger partial charge in [-0.25, -0.2) is 6.57 Å². The van der Waals surface area contributed by atoms with E-state index < -0.39 is 0 Å². The van der Waals surface area contributed by atoms with E-state index in [4.69, 9.17) is 6.57 Å². The molecule has 52 valence electrons. The molecule has 0 aromatic heterocycles. The Kier molecular flexibility index (Phi) is 1.91. The van der Waals surface area contributed by atoms with Gasteiger partial charge in [-0.05, 0) is 0 Å². The fourth-order valence-corrected chi connectivity index (χ4v) is 0.168. The molecule has 0 amide bonds. The first-order valence-corrected chi connectivity index (χ1v) is 3.20. The Morgan fingerprint density at radius 3 is 1.33 bits per heavy atom. The highest BCUT2D eigenvalue weighted by Crippen LogP contribution is 2.32. The minimum atomic E-state index is -0.229. The van der Waals surface area contributed by atoms with E-state index in [9.17, 15) is 0 Å². The van der Waals surface area contributed by atoms with Crippen LogP contribution in [0.2, 0.25) is 0 Å². The molecule has 0 spiro atoms. The molecule has 0 unspecified atom stereocenters. The first-order valence-electron chi connectivity index (χ1n) is 3.20. The van der Waals surface area contributed by atoms with Gasteiger partial charge in [0, 0.05) is 19.3 Å². The predicted octanol–water partition coefficient (Wildman–Crippen LogP) is 2.73. The summed E-state index contributed by atoms with van der Waals surface area (Å²) in [6, 6.07) is 0. The number of nitrogens with zero attached hydrogens (tertiary/aromatic N) is 1. The minimum Gasteiger partial charge on any atom is -0.310 e. The van der Waals surface area contributed by atoms with Gasteiger partial charge in [-0.3, -0.25) is 0 Å². The van der Waals surface area contributed by atoms with Crippen molar-refractivity contribution >= 4 is 0 Å². The van der Waals surface area contributed by atoms with Crippen LogP contribution in [0.25, 0.3) is 4.85 Å². The van der Waals surface area contributed by atoms with Crippen LogP contribution >= 0.6 is 0 Å². The van der Waals surface area contributed by atoms with Gasteiger partial charge < -0.3 is 4.85 Å². The van der Waals surface area contributed by atoms with E-state index in [0.717, 1.165) is 0 Å². The first kappa shape index (κ1) is 8.49. The van der Waals surface area contributed by atoms with Gasteiger partial charge in [0.1, 0.15) is 0 Å². The zero-order valence-corrected chi connectivity index (χ0v) is 6.95. The smallest absolute Gasteiger partial charge is 0.231 e. The first-order chi connectivity index (χ1) is 3.81. The van der Waals surface area contributed by atoms with E-state index in [-0.39, 0.29) is 11.0 Å². The summed E-state index contributed by atoms with van der Waals surface area (Å²) >= 11 is 0. The van der Waals surface area contributed by atoms with Crippen LogP contribution in [0.15, 0.2) is 0 Å². The van der Waals surface area contributed by atoms with Crippen molar-refractivity contribution < 1.29 is 0 Å². The van der Waals surface area contributed by atoms with Crippen LogP contribution in [0.4, 0.5) is 0 Å². The normalized spacial score (nSPS) is 12.9. The lowest BCUT2D eigenvalue weighted by Crippen LogP contribution is -2.32. The molecule has 0 aliphatic rings. The molecule has 0 N–H and O–H groups in total. The summed E-state index contributed by atoms with van der Waals surface area (Å²) in [5, 5.41) is 0. The van der Waals surface area contributed by atoms with Gasteiger partial charge in [0.05, 0.1) is 0 Å². The summed E-state index contributed by atoms with van der Waals surface area (Å²) in [7, 11) is 0. The molecule has 9 heavy (non-hydrogen) atoms. The molecule has 0 atom stereocenters. The molecule has 0 aliphatic heterocycles. The molecule has 0 aromatic rings. The minimum absolute atomic E-state index is 0.0920. The SMILES string of the molecule is [C-]#[N+]C(C)(C)C(C)(C)C. The molecule has 0 saturated carbocycles. The van der Waals surface area contributed by atoms with Crippen molar-refractivity contribution in [2.24, 2.45) is 5.41 Å². The van der Waals surface area contributed by atoms with Crippen molar-refractivity contribution in [1.82, 2.24) is 0 Å². The summed E-state index contributed by atoms with van der Waals surface area (Å²) < 4.78 is 0. The van der Waals surface area contributed by atoms with Crippen LogP contribution in [0.3, 0.4) is 0 Å². The van der Waals surface area contributed by atoms with Crippen molar-refractivity contribution in [2.75, 3.05) is 0 Å². The van der Waals surface area contributed by atoms with Gasteiger partial charge in [-0.2, -0.15) is 0 Å². The van der Waals surface area contributed by atoms with Gasteiger partial charge in [0.2, 0.25) is 5.54 Å². The van der Waals surface area contributed by atoms with E-state index in [1.165, 1.54) is 0 Å². The van der Waals surface area contributed by atoms with Crippen molar-refractivity contribution in [3.8, 4) is 0 Å². The lowest BCUT2D eigenvalue weighted by molar-refractivity contribution is 0.274. The lowest BCUT2D eigenvalue weighted by Gasteiger charge is -2.26. The Hall–Kier alpha value is -0.510. The molecule has 0 bridgehead atoms. The monoisotopic (exact) mass is 125 g/mol. The Morgan fingerprint density at radius 2 is 1.33 bits per heavy atom. The Balaban J connectivity index is 4.39. The average molecular weight is 125 g/mol. The number of hydrogen-bond acceptors (Lipinski definition) is 0. The van der Waals surface area contributed by atoms with Crippen LogP contribution in [-0.2, 0) is 0 Å². The van der Waals surface area contributed by atoms with Crippen molar-refractivity contribution in [3.63, 3.8) is 0 Å². The van der Waals surface area contributed by atoms with Crippen LogP contribution in [0, 0.1) is 12.0 Å². The van der Waals surface area contributed by atoms with Crippen molar-refractivity contribution in [1.29, 1.82) is 0 Å². The number of rotatable bonds is 0. The maximum Gasteiger partial charge on any atom is 0.231 e. The molecular weight excluding hydrogens is 110 g/mol. The fraction of sp³-hybridized carbons (Fsp3) is 0.875. The molecule has 1 nitrogen and oxygen atoms in total. The molecule has 0 aliphatic carbocycles. The Morgan fingerprint density at radius 1 is 1.00 bits per heavy atom. The van der Waals surface area contributed by atoms with E-state index in [1.54, 1.807) is 0 Å². The van der Waals surface area contributed by atoms with E-state index in [0.29, 0.717) is 0 Å². The molecule has 0 heterocycles. The summed E-state index contributed by atoms with van der Waals surface area (Å²) in [6.45, 7) is 17.1. The van der Waals surface area contributed by atoms with Gasteiger partial charge >= 0.3 is 0 Å². The molecule has 0 rings (SSSR count). The third-order valence-corrected chi connectivity index (χ3v) is 2.11. The molecule has 0 fully saturated rings. The highest BCUT2D eigenvalue weighted by Gasteiger charge is 2.38. The van der Waals surface area contributed by atoms with Crippen LogP contribution in [0.1, 0.15) is 34.6 Å². The topological polar surface area (TPSA) is 4.36 Å². The lowest BCUT2D eigenvalue weighted by atomic mass is 9.77. The maximum atomic E-state index is 6.89. The van der Waals surface area contributed by atoms with Gasteiger partial charge in [0.25, 0.3) is 0 Å². The van der Waals surface area contributed by atoms with Gasteiger partial charge in [-0.15, -0.1) is 0 Å². The quantitative estimate of drug-likeness (QED) is 0.438. The summed E-state index contributed by atoms with van der Waals surface area (Å²) in [4.78, 5) is 3.54.